The van der Waals surface area contributed by atoms with Gasteiger partial charge in [0.25, 0.3) is 0 Å². The van der Waals surface area contributed by atoms with E-state index in [1.807, 2.05) is 11.6 Å². The fraction of sp³-hybridized carbons (Fsp3) is 0.824. The van der Waals surface area contributed by atoms with E-state index in [1.165, 1.54) is 5.01 Å². The fourth-order valence-electron chi connectivity index (χ4n) is 3.53. The Hall–Kier alpha value is -0.530. The standard InChI is InChI=1S/C17H29N3O2S/c1-14(2)19(3)9-15-8-17(22-11-15)12-20(5-6-21-13-17)10-16-18-4-7-23-16/h4,7,14-15H,5-6,8-13H2,1-3H3/t15-,17-/m0/s1. The van der Waals surface area contributed by atoms with Gasteiger partial charge in [0.15, 0.2) is 0 Å². The summed E-state index contributed by atoms with van der Waals surface area (Å²) in [7, 11) is 2.20. The molecule has 3 heterocycles. The van der Waals surface area contributed by atoms with Crippen LogP contribution in [-0.4, -0.2) is 72.9 Å². The van der Waals surface area contributed by atoms with Gasteiger partial charge in [0.05, 0.1) is 26.4 Å². The maximum atomic E-state index is 6.29. The average Bonchev–Trinajstić information content (AvgIpc) is 3.09. The van der Waals surface area contributed by atoms with E-state index in [-0.39, 0.29) is 5.60 Å². The highest BCUT2D eigenvalue weighted by Crippen LogP contribution is 2.33. The summed E-state index contributed by atoms with van der Waals surface area (Å²) >= 11 is 1.73. The Balaban J connectivity index is 1.59. The van der Waals surface area contributed by atoms with Crippen LogP contribution in [0, 0.1) is 5.92 Å². The van der Waals surface area contributed by atoms with Gasteiger partial charge in [0.2, 0.25) is 0 Å². The van der Waals surface area contributed by atoms with Gasteiger partial charge in [-0.25, -0.2) is 4.98 Å². The molecular formula is C17H29N3O2S. The largest absolute Gasteiger partial charge is 0.377 e. The molecule has 2 aliphatic heterocycles. The van der Waals surface area contributed by atoms with E-state index in [9.17, 15) is 0 Å². The number of hydrogen-bond acceptors (Lipinski definition) is 6. The molecule has 23 heavy (non-hydrogen) atoms. The highest BCUT2D eigenvalue weighted by molar-refractivity contribution is 7.09. The van der Waals surface area contributed by atoms with Crippen LogP contribution >= 0.6 is 11.3 Å². The van der Waals surface area contributed by atoms with Crippen molar-refractivity contribution in [2.45, 2.75) is 38.5 Å². The second-order valence-corrected chi connectivity index (χ2v) is 8.27. The van der Waals surface area contributed by atoms with Gasteiger partial charge in [0, 0.05) is 37.3 Å². The number of nitrogens with zero attached hydrogens (tertiary/aromatic N) is 3. The molecule has 2 fully saturated rings. The second-order valence-electron chi connectivity index (χ2n) is 7.29. The molecule has 0 bridgehead atoms. The van der Waals surface area contributed by atoms with E-state index < -0.39 is 0 Å². The summed E-state index contributed by atoms with van der Waals surface area (Å²) in [6.45, 7) is 10.8. The molecule has 5 nitrogen and oxygen atoms in total. The van der Waals surface area contributed by atoms with Crippen molar-refractivity contribution in [3.05, 3.63) is 16.6 Å². The number of ether oxygens (including phenoxy) is 2. The van der Waals surface area contributed by atoms with Gasteiger partial charge in [-0.3, -0.25) is 4.90 Å². The third-order valence-corrected chi connectivity index (χ3v) is 5.75. The third-order valence-electron chi connectivity index (χ3n) is 4.98. The Bertz CT molecular complexity index is 482. The van der Waals surface area contributed by atoms with E-state index in [4.69, 9.17) is 9.47 Å². The lowest BCUT2D eigenvalue weighted by molar-refractivity contribution is -0.0563. The molecule has 0 unspecified atom stereocenters. The smallest absolute Gasteiger partial charge is 0.107 e. The lowest BCUT2D eigenvalue weighted by Gasteiger charge is -2.31. The SMILES string of the molecule is CC(C)N(C)C[C@H]1CO[C@@]2(COCCN(Cc3nccs3)C2)C1. The van der Waals surface area contributed by atoms with Gasteiger partial charge in [-0.05, 0) is 33.2 Å². The fourth-order valence-corrected chi connectivity index (χ4v) is 4.18. The normalized spacial score (nSPS) is 29.7. The monoisotopic (exact) mass is 339 g/mol. The second kappa shape index (κ2) is 7.57. The minimum Gasteiger partial charge on any atom is -0.377 e. The number of aromatic nitrogens is 1. The molecule has 1 aromatic rings. The van der Waals surface area contributed by atoms with Crippen LogP contribution in [0.3, 0.4) is 0 Å². The van der Waals surface area contributed by atoms with E-state index >= 15 is 0 Å². The van der Waals surface area contributed by atoms with Gasteiger partial charge in [-0.15, -0.1) is 11.3 Å². The molecule has 0 radical (unpaired) electrons. The summed E-state index contributed by atoms with van der Waals surface area (Å²) in [6, 6.07) is 0.582. The van der Waals surface area contributed by atoms with Gasteiger partial charge >= 0.3 is 0 Å². The summed E-state index contributed by atoms with van der Waals surface area (Å²) in [4.78, 5) is 9.28. The van der Waals surface area contributed by atoms with Crippen LogP contribution in [0.15, 0.2) is 11.6 Å². The molecule has 0 aliphatic carbocycles. The van der Waals surface area contributed by atoms with Gasteiger partial charge < -0.3 is 14.4 Å². The van der Waals surface area contributed by atoms with E-state index in [2.05, 4.69) is 35.7 Å². The van der Waals surface area contributed by atoms with Crippen molar-refractivity contribution in [1.82, 2.24) is 14.8 Å². The molecular weight excluding hydrogens is 310 g/mol. The molecule has 0 amide bonds. The summed E-state index contributed by atoms with van der Waals surface area (Å²) < 4.78 is 12.2. The Morgan fingerprint density at radius 1 is 1.52 bits per heavy atom. The molecule has 6 heteroatoms. The summed E-state index contributed by atoms with van der Waals surface area (Å²) in [5.74, 6) is 0.603. The van der Waals surface area contributed by atoms with Crippen LogP contribution in [-0.2, 0) is 16.0 Å². The van der Waals surface area contributed by atoms with Gasteiger partial charge in [0.1, 0.15) is 10.6 Å². The van der Waals surface area contributed by atoms with Gasteiger partial charge in [-0.2, -0.15) is 0 Å². The summed E-state index contributed by atoms with van der Waals surface area (Å²) in [6.07, 6.45) is 2.98. The summed E-state index contributed by atoms with van der Waals surface area (Å²) in [5.41, 5.74) is -0.129. The Kier molecular flexibility index (Phi) is 5.69. The Morgan fingerprint density at radius 3 is 3.13 bits per heavy atom. The minimum atomic E-state index is -0.129. The van der Waals surface area contributed by atoms with Crippen molar-refractivity contribution >= 4 is 11.3 Å². The van der Waals surface area contributed by atoms with Gasteiger partial charge in [-0.1, -0.05) is 0 Å². The predicted octanol–water partition coefficient (Wildman–Crippen LogP) is 2.09. The molecule has 3 rings (SSSR count). The minimum absolute atomic E-state index is 0.129. The molecule has 0 saturated carbocycles. The lowest BCUT2D eigenvalue weighted by atomic mass is 9.93. The highest BCUT2D eigenvalue weighted by atomic mass is 32.1. The van der Waals surface area contributed by atoms with E-state index in [1.54, 1.807) is 11.3 Å². The maximum absolute atomic E-state index is 6.29. The molecule has 130 valence electrons. The zero-order chi connectivity index (χ0) is 16.3. The predicted molar refractivity (Wildman–Crippen MR) is 92.8 cm³/mol. The Morgan fingerprint density at radius 2 is 2.39 bits per heavy atom. The molecule has 2 aliphatic rings. The number of rotatable bonds is 5. The van der Waals surface area contributed by atoms with Crippen LogP contribution < -0.4 is 0 Å². The van der Waals surface area contributed by atoms with Crippen molar-refractivity contribution < 1.29 is 9.47 Å². The van der Waals surface area contributed by atoms with E-state index in [0.29, 0.717) is 12.0 Å². The molecule has 2 saturated heterocycles. The first-order valence-corrected chi connectivity index (χ1v) is 9.47. The van der Waals surface area contributed by atoms with Crippen molar-refractivity contribution in [2.75, 3.05) is 46.5 Å². The highest BCUT2D eigenvalue weighted by Gasteiger charge is 2.43. The first-order chi connectivity index (χ1) is 11.1. The van der Waals surface area contributed by atoms with Crippen LogP contribution in [0.4, 0.5) is 0 Å². The maximum Gasteiger partial charge on any atom is 0.107 e. The van der Waals surface area contributed by atoms with E-state index in [0.717, 1.165) is 52.4 Å². The quantitative estimate of drug-likeness (QED) is 0.821. The van der Waals surface area contributed by atoms with Crippen LogP contribution in [0.2, 0.25) is 0 Å². The topological polar surface area (TPSA) is 37.8 Å². The zero-order valence-electron chi connectivity index (χ0n) is 14.5. The first kappa shape index (κ1) is 17.3. The first-order valence-electron chi connectivity index (χ1n) is 8.59. The molecule has 0 N–H and O–H groups in total. The summed E-state index contributed by atoms with van der Waals surface area (Å²) in [5, 5.41) is 3.22. The van der Waals surface area contributed by atoms with Crippen molar-refractivity contribution in [3.63, 3.8) is 0 Å². The molecule has 0 aromatic carbocycles. The number of thiazole rings is 1. The number of hydrogen-bond donors (Lipinski definition) is 0. The Labute approximate surface area is 143 Å². The third kappa shape index (κ3) is 4.51. The lowest BCUT2D eigenvalue weighted by Crippen LogP contribution is -2.44. The average molecular weight is 340 g/mol. The van der Waals surface area contributed by atoms with Crippen molar-refractivity contribution in [1.29, 1.82) is 0 Å². The van der Waals surface area contributed by atoms with Crippen LogP contribution in [0.1, 0.15) is 25.3 Å². The molecule has 1 aromatic heterocycles. The van der Waals surface area contributed by atoms with Crippen LogP contribution in [0.5, 0.6) is 0 Å². The molecule has 1 spiro atoms. The zero-order valence-corrected chi connectivity index (χ0v) is 15.3. The van der Waals surface area contributed by atoms with Crippen molar-refractivity contribution in [3.8, 4) is 0 Å². The molecule has 2 atom stereocenters. The van der Waals surface area contributed by atoms with Crippen LogP contribution in [0.25, 0.3) is 0 Å². The van der Waals surface area contributed by atoms with Crippen molar-refractivity contribution in [2.24, 2.45) is 5.92 Å².